The molecular weight excluding hydrogens is 623 g/mol. The van der Waals surface area contributed by atoms with Crippen molar-refractivity contribution in [3.8, 4) is 47.2 Å². The van der Waals surface area contributed by atoms with E-state index in [0.717, 1.165) is 19.4 Å². The normalized spacial score (nSPS) is 23.8. The van der Waals surface area contributed by atoms with E-state index in [1.807, 2.05) is 0 Å². The van der Waals surface area contributed by atoms with E-state index in [1.54, 1.807) is 24.9 Å². The van der Waals surface area contributed by atoms with Crippen molar-refractivity contribution in [1.29, 1.82) is 0 Å². The maximum atomic E-state index is 17.1. The van der Waals surface area contributed by atoms with Crippen molar-refractivity contribution in [3.63, 3.8) is 0 Å². The number of phenols is 1. The van der Waals surface area contributed by atoms with Crippen LogP contribution in [-0.2, 0) is 4.74 Å². The third-order valence-electron chi connectivity index (χ3n) is 9.19. The lowest BCUT2D eigenvalue weighted by molar-refractivity contribution is 0.00798. The fourth-order valence-electron chi connectivity index (χ4n) is 7.15. The Morgan fingerprint density at radius 1 is 1.19 bits per heavy atom. The van der Waals surface area contributed by atoms with E-state index in [9.17, 15) is 19.0 Å². The summed E-state index contributed by atoms with van der Waals surface area (Å²) in [5, 5.41) is 22.3. The van der Waals surface area contributed by atoms with Crippen LogP contribution in [0.1, 0.15) is 44.4 Å². The van der Waals surface area contributed by atoms with Gasteiger partial charge in [0.05, 0.1) is 29.3 Å². The molecule has 48 heavy (non-hydrogen) atoms. The van der Waals surface area contributed by atoms with Gasteiger partial charge >= 0.3 is 6.01 Å². The molecule has 2 aromatic carbocycles. The number of phenolic OH excluding ortho intramolecular Hbond substituents is 1. The maximum absolute atomic E-state index is 17.1. The van der Waals surface area contributed by atoms with Gasteiger partial charge in [0.15, 0.2) is 11.6 Å². The fourth-order valence-corrected chi connectivity index (χ4v) is 7.15. The average Bonchev–Trinajstić information content (AvgIpc) is 3.50. The standard InChI is InChI=1S/C36H32F3N5O4/c1-4-7-27-29-32(30(39)31(40-27)25-15-23(45)14-21-8-9-26(38)24(5-2)28(21)25)41-34(42-33(29)43-12-13-47-19-35(3,46)18-43)48-20-36-10-6-11-44(36)17-22(37)16-36/h2,8-9,12-15,22,45-46H,6,10-11,16-20H2,1,3H3/t22-,35?,36+/m1/s1. The molecule has 0 aliphatic carbocycles. The van der Waals surface area contributed by atoms with Crippen molar-refractivity contribution in [1.82, 2.24) is 19.9 Å². The van der Waals surface area contributed by atoms with Crippen LogP contribution in [0, 0.1) is 35.8 Å². The quantitative estimate of drug-likeness (QED) is 0.281. The van der Waals surface area contributed by atoms with Crippen LogP contribution >= 0.6 is 0 Å². The van der Waals surface area contributed by atoms with E-state index in [1.165, 1.54) is 30.5 Å². The molecule has 3 aliphatic rings. The van der Waals surface area contributed by atoms with Crippen molar-refractivity contribution in [2.75, 3.05) is 37.7 Å². The molecule has 9 nitrogen and oxygen atoms in total. The first-order valence-corrected chi connectivity index (χ1v) is 15.6. The molecule has 3 atom stereocenters. The first-order chi connectivity index (χ1) is 23.0. The van der Waals surface area contributed by atoms with Crippen LogP contribution in [0.4, 0.5) is 19.0 Å². The first kappa shape index (κ1) is 31.6. The lowest BCUT2D eigenvalue weighted by Crippen LogP contribution is -2.43. The van der Waals surface area contributed by atoms with Crippen LogP contribution in [0.2, 0.25) is 0 Å². The van der Waals surface area contributed by atoms with Gasteiger partial charge in [0.1, 0.15) is 53.5 Å². The van der Waals surface area contributed by atoms with Gasteiger partial charge in [0.2, 0.25) is 0 Å². The number of benzene rings is 2. The number of β-amino-alcohol motifs (C(OH)–C–C–N with tert-alkyl or cyclic N) is 1. The molecule has 2 aromatic heterocycles. The van der Waals surface area contributed by atoms with Crippen LogP contribution in [0.3, 0.4) is 0 Å². The molecule has 1 unspecified atom stereocenters. The smallest absolute Gasteiger partial charge is 0.319 e. The average molecular weight is 656 g/mol. The van der Waals surface area contributed by atoms with Gasteiger partial charge in [-0.1, -0.05) is 17.9 Å². The molecule has 0 radical (unpaired) electrons. The van der Waals surface area contributed by atoms with Gasteiger partial charge in [-0.15, -0.1) is 6.42 Å². The number of alkyl halides is 1. The van der Waals surface area contributed by atoms with Gasteiger partial charge in [-0.2, -0.15) is 9.97 Å². The highest BCUT2D eigenvalue weighted by Gasteiger charge is 2.49. The Hall–Kier alpha value is -5.04. The van der Waals surface area contributed by atoms with Gasteiger partial charge in [-0.3, -0.25) is 4.90 Å². The number of halogens is 3. The fraction of sp³-hybridized carbons (Fsp3) is 0.361. The van der Waals surface area contributed by atoms with E-state index in [0.29, 0.717) is 18.4 Å². The van der Waals surface area contributed by atoms with E-state index >= 15 is 4.39 Å². The zero-order valence-corrected chi connectivity index (χ0v) is 26.4. The minimum atomic E-state index is -1.33. The molecule has 5 heterocycles. The highest BCUT2D eigenvalue weighted by Crippen LogP contribution is 2.42. The van der Waals surface area contributed by atoms with E-state index < -0.39 is 28.9 Å². The van der Waals surface area contributed by atoms with Crippen LogP contribution in [0.15, 0.2) is 36.7 Å². The molecule has 246 valence electrons. The molecule has 2 N–H and O–H groups in total. The summed E-state index contributed by atoms with van der Waals surface area (Å²) in [5.74, 6) is 6.36. The summed E-state index contributed by atoms with van der Waals surface area (Å²) < 4.78 is 58.2. The van der Waals surface area contributed by atoms with Crippen molar-refractivity contribution in [2.45, 2.75) is 50.4 Å². The SMILES string of the molecule is C#Cc1c(F)ccc2cc(O)cc(-c3nc(C#CC)c4c(N5C=COCC(C)(O)C5)nc(OC[C@@]56CCCN5C[C@H](F)C6)nc4c3F)c12. The summed E-state index contributed by atoms with van der Waals surface area (Å²) in [6.45, 7) is 4.32. The number of rotatable bonds is 5. The zero-order valence-electron chi connectivity index (χ0n) is 26.4. The molecule has 0 spiro atoms. The predicted molar refractivity (Wildman–Crippen MR) is 174 cm³/mol. The molecule has 0 saturated carbocycles. The highest BCUT2D eigenvalue weighted by molar-refractivity contribution is 6.04. The minimum Gasteiger partial charge on any atom is -0.508 e. The zero-order chi connectivity index (χ0) is 33.8. The Kier molecular flexibility index (Phi) is 7.81. The van der Waals surface area contributed by atoms with Crippen LogP contribution in [-0.4, -0.2) is 80.2 Å². The molecule has 2 fully saturated rings. The van der Waals surface area contributed by atoms with Crippen LogP contribution in [0.5, 0.6) is 11.8 Å². The Bertz CT molecular complexity index is 2100. The Balaban J connectivity index is 1.48. The summed E-state index contributed by atoms with van der Waals surface area (Å²) in [6.07, 6.45) is 9.60. The third kappa shape index (κ3) is 5.41. The van der Waals surface area contributed by atoms with Crippen molar-refractivity contribution in [2.24, 2.45) is 0 Å². The largest absolute Gasteiger partial charge is 0.508 e. The van der Waals surface area contributed by atoms with Crippen molar-refractivity contribution < 1.29 is 32.9 Å². The summed E-state index contributed by atoms with van der Waals surface area (Å²) in [6, 6.07) is 5.09. The van der Waals surface area contributed by atoms with Gasteiger partial charge < -0.3 is 24.6 Å². The number of hydrogen-bond acceptors (Lipinski definition) is 9. The van der Waals surface area contributed by atoms with Crippen molar-refractivity contribution >= 4 is 27.5 Å². The lowest BCUT2D eigenvalue weighted by Gasteiger charge is -2.31. The van der Waals surface area contributed by atoms with Gasteiger partial charge in [0, 0.05) is 30.1 Å². The number of aromatic hydroxyl groups is 1. The number of ether oxygens (including phenoxy) is 2. The first-order valence-electron chi connectivity index (χ1n) is 15.6. The molecule has 0 bridgehead atoms. The van der Waals surface area contributed by atoms with Crippen molar-refractivity contribution in [3.05, 3.63) is 59.6 Å². The summed E-state index contributed by atoms with van der Waals surface area (Å²) in [7, 11) is 0. The number of aliphatic hydroxyl groups is 1. The molecule has 3 aliphatic heterocycles. The number of hydrogen-bond donors (Lipinski definition) is 2. The Morgan fingerprint density at radius 2 is 2.02 bits per heavy atom. The van der Waals surface area contributed by atoms with Gasteiger partial charge in [-0.25, -0.2) is 18.2 Å². The van der Waals surface area contributed by atoms with E-state index in [-0.39, 0.29) is 76.1 Å². The minimum absolute atomic E-state index is 0.000660. The number of terminal acetylenes is 1. The molecule has 7 rings (SSSR count). The number of fused-ring (bicyclic) bond motifs is 3. The molecule has 12 heteroatoms. The molecule has 4 aromatic rings. The highest BCUT2D eigenvalue weighted by atomic mass is 19.1. The van der Waals surface area contributed by atoms with E-state index in [4.69, 9.17) is 15.9 Å². The number of nitrogens with zero attached hydrogens (tertiary/aromatic N) is 5. The third-order valence-corrected chi connectivity index (χ3v) is 9.19. The monoisotopic (exact) mass is 655 g/mol. The summed E-state index contributed by atoms with van der Waals surface area (Å²) in [5.41, 5.74) is -2.38. The van der Waals surface area contributed by atoms with Crippen LogP contribution < -0.4 is 9.64 Å². The van der Waals surface area contributed by atoms with Gasteiger partial charge in [0.25, 0.3) is 0 Å². The Morgan fingerprint density at radius 3 is 2.81 bits per heavy atom. The molecule has 2 saturated heterocycles. The second-order valence-corrected chi connectivity index (χ2v) is 12.8. The lowest BCUT2D eigenvalue weighted by atomic mass is 9.95. The second kappa shape index (κ2) is 11.9. The topological polar surface area (TPSA) is 104 Å². The van der Waals surface area contributed by atoms with Gasteiger partial charge in [-0.05, 0) is 62.7 Å². The predicted octanol–water partition coefficient (Wildman–Crippen LogP) is 5.20. The Labute approximate surface area is 275 Å². The van der Waals surface area contributed by atoms with E-state index in [2.05, 4.69) is 37.6 Å². The molecule has 0 amide bonds. The van der Waals surface area contributed by atoms with Crippen LogP contribution in [0.25, 0.3) is 32.9 Å². The number of pyridine rings is 1. The summed E-state index contributed by atoms with van der Waals surface area (Å²) in [4.78, 5) is 17.5. The number of anilines is 1. The number of aromatic nitrogens is 3. The maximum Gasteiger partial charge on any atom is 0.319 e. The summed E-state index contributed by atoms with van der Waals surface area (Å²) >= 11 is 0. The second-order valence-electron chi connectivity index (χ2n) is 12.8. The molecular formula is C36H32F3N5O4.